The lowest BCUT2D eigenvalue weighted by molar-refractivity contribution is 0.225. The fraction of sp³-hybridized carbons (Fsp3) is 0.600. The summed E-state index contributed by atoms with van der Waals surface area (Å²) in [6.45, 7) is 4.18. The van der Waals surface area contributed by atoms with Crippen molar-refractivity contribution in [1.82, 2.24) is 9.21 Å². The lowest BCUT2D eigenvalue weighted by atomic mass is 9.98. The van der Waals surface area contributed by atoms with Gasteiger partial charge in [0, 0.05) is 24.1 Å². The largest absolute Gasteiger partial charge is 0.309 e. The molecular formula is C15H23BrN2O2S. The number of hydrogen-bond acceptors (Lipinski definition) is 3. The average Bonchev–Trinajstić information content (AvgIpc) is 2.41. The molecule has 0 amide bonds. The van der Waals surface area contributed by atoms with Crippen molar-refractivity contribution in [2.75, 3.05) is 33.7 Å². The Morgan fingerprint density at radius 2 is 1.90 bits per heavy atom. The van der Waals surface area contributed by atoms with Gasteiger partial charge >= 0.3 is 0 Å². The van der Waals surface area contributed by atoms with Gasteiger partial charge in [-0.1, -0.05) is 15.9 Å². The highest BCUT2D eigenvalue weighted by Crippen LogP contribution is 2.26. The number of benzene rings is 1. The van der Waals surface area contributed by atoms with E-state index < -0.39 is 10.0 Å². The minimum Gasteiger partial charge on any atom is -0.309 e. The van der Waals surface area contributed by atoms with Gasteiger partial charge in [-0.2, -0.15) is 4.31 Å². The Balaban J connectivity index is 2.09. The van der Waals surface area contributed by atoms with Crippen LogP contribution in [0.2, 0.25) is 0 Å². The van der Waals surface area contributed by atoms with Crippen molar-refractivity contribution in [2.24, 2.45) is 5.92 Å². The van der Waals surface area contributed by atoms with Gasteiger partial charge in [0.1, 0.15) is 0 Å². The number of nitrogens with zero attached hydrogens (tertiary/aromatic N) is 2. The van der Waals surface area contributed by atoms with Crippen molar-refractivity contribution in [3.05, 3.63) is 28.2 Å². The molecule has 6 heteroatoms. The summed E-state index contributed by atoms with van der Waals surface area (Å²) in [7, 11) is 0.772. The second-order valence-electron chi connectivity index (χ2n) is 6.02. The van der Waals surface area contributed by atoms with E-state index in [1.807, 2.05) is 6.92 Å². The Labute approximate surface area is 136 Å². The monoisotopic (exact) mass is 374 g/mol. The molecule has 0 atom stereocenters. The summed E-state index contributed by atoms with van der Waals surface area (Å²) in [5, 5.41) is 0. The van der Waals surface area contributed by atoms with Gasteiger partial charge in [-0.3, -0.25) is 0 Å². The first-order valence-corrected chi connectivity index (χ1v) is 9.45. The summed E-state index contributed by atoms with van der Waals surface area (Å²) in [5.74, 6) is 0.595. The maximum absolute atomic E-state index is 12.7. The third-order valence-electron chi connectivity index (χ3n) is 3.96. The second-order valence-corrected chi connectivity index (χ2v) is 8.81. The Morgan fingerprint density at radius 3 is 2.43 bits per heavy atom. The number of rotatable bonds is 4. The third-order valence-corrected chi connectivity index (χ3v) is 6.75. The van der Waals surface area contributed by atoms with E-state index in [9.17, 15) is 8.42 Å². The van der Waals surface area contributed by atoms with Gasteiger partial charge in [-0.05, 0) is 63.5 Å². The predicted molar refractivity (Wildman–Crippen MR) is 88.9 cm³/mol. The summed E-state index contributed by atoms with van der Waals surface area (Å²) < 4.78 is 27.9. The third kappa shape index (κ3) is 4.06. The molecule has 1 aromatic rings. The maximum Gasteiger partial charge on any atom is 0.243 e. The fourth-order valence-corrected chi connectivity index (χ4v) is 4.58. The highest BCUT2D eigenvalue weighted by molar-refractivity contribution is 9.10. The van der Waals surface area contributed by atoms with E-state index in [4.69, 9.17) is 0 Å². The fourth-order valence-electron chi connectivity index (χ4n) is 2.78. The van der Waals surface area contributed by atoms with Crippen molar-refractivity contribution in [3.8, 4) is 0 Å². The smallest absolute Gasteiger partial charge is 0.243 e. The molecule has 0 unspecified atom stereocenters. The second kappa shape index (κ2) is 6.77. The Bertz CT molecular complexity index is 594. The zero-order chi connectivity index (χ0) is 15.6. The Kier molecular flexibility index (Phi) is 5.46. The summed E-state index contributed by atoms with van der Waals surface area (Å²) in [5.41, 5.74) is 0.943. The van der Waals surface area contributed by atoms with Gasteiger partial charge < -0.3 is 4.90 Å². The summed E-state index contributed by atoms with van der Waals surface area (Å²) in [4.78, 5) is 2.57. The minimum absolute atomic E-state index is 0.397. The predicted octanol–water partition coefficient (Wildman–Crippen LogP) is 2.72. The van der Waals surface area contributed by atoms with Gasteiger partial charge in [0.25, 0.3) is 0 Å². The van der Waals surface area contributed by atoms with E-state index in [-0.39, 0.29) is 0 Å². The molecule has 0 aromatic heterocycles. The summed E-state index contributed by atoms with van der Waals surface area (Å²) in [6, 6.07) is 5.23. The molecule has 1 aliphatic heterocycles. The van der Waals surface area contributed by atoms with Gasteiger partial charge in [0.15, 0.2) is 0 Å². The van der Waals surface area contributed by atoms with Crippen LogP contribution in [-0.2, 0) is 10.0 Å². The quantitative estimate of drug-likeness (QED) is 0.813. The number of sulfonamides is 1. The molecule has 0 bridgehead atoms. The molecule has 1 aromatic carbocycles. The molecule has 118 valence electrons. The van der Waals surface area contributed by atoms with Gasteiger partial charge in [0.05, 0.1) is 4.90 Å². The van der Waals surface area contributed by atoms with Crippen LogP contribution in [0, 0.1) is 12.8 Å². The van der Waals surface area contributed by atoms with Crippen LogP contribution in [0.15, 0.2) is 27.6 Å². The number of aryl methyl sites for hydroxylation is 1. The van der Waals surface area contributed by atoms with Crippen LogP contribution < -0.4 is 0 Å². The van der Waals surface area contributed by atoms with Crippen molar-refractivity contribution >= 4 is 26.0 Å². The highest BCUT2D eigenvalue weighted by atomic mass is 79.9. The molecular weight excluding hydrogens is 352 g/mol. The average molecular weight is 375 g/mol. The van der Waals surface area contributed by atoms with E-state index in [1.165, 1.54) is 0 Å². The SMILES string of the molecule is Cc1cc(S(=O)(=O)N2CCC(CN(C)C)CC2)ccc1Br. The normalized spacial score (nSPS) is 18.3. The van der Waals surface area contributed by atoms with Crippen molar-refractivity contribution < 1.29 is 8.42 Å². The Hall–Kier alpha value is -0.430. The maximum atomic E-state index is 12.7. The molecule has 4 nitrogen and oxygen atoms in total. The van der Waals surface area contributed by atoms with Crippen LogP contribution >= 0.6 is 15.9 Å². The standard InChI is InChI=1S/C15H23BrN2O2S/c1-12-10-14(4-5-15(12)16)21(19,20)18-8-6-13(7-9-18)11-17(2)3/h4-5,10,13H,6-9,11H2,1-3H3. The van der Waals surface area contributed by atoms with Gasteiger partial charge in [0.2, 0.25) is 10.0 Å². The van der Waals surface area contributed by atoms with Crippen LogP contribution in [0.25, 0.3) is 0 Å². The molecule has 21 heavy (non-hydrogen) atoms. The van der Waals surface area contributed by atoms with Crippen LogP contribution in [0.1, 0.15) is 18.4 Å². The van der Waals surface area contributed by atoms with Crippen LogP contribution in [0.4, 0.5) is 0 Å². The first kappa shape index (κ1) is 16.9. The lowest BCUT2D eigenvalue weighted by Crippen LogP contribution is -2.40. The van der Waals surface area contributed by atoms with Crippen LogP contribution in [0.5, 0.6) is 0 Å². The summed E-state index contributed by atoms with van der Waals surface area (Å²) in [6.07, 6.45) is 1.87. The first-order valence-electron chi connectivity index (χ1n) is 7.21. The van der Waals surface area contributed by atoms with E-state index >= 15 is 0 Å². The lowest BCUT2D eigenvalue weighted by Gasteiger charge is -2.32. The molecule has 1 heterocycles. The van der Waals surface area contributed by atoms with Gasteiger partial charge in [-0.25, -0.2) is 8.42 Å². The topological polar surface area (TPSA) is 40.6 Å². The van der Waals surface area contributed by atoms with Crippen molar-refractivity contribution in [3.63, 3.8) is 0 Å². The molecule has 1 aliphatic rings. The Morgan fingerprint density at radius 1 is 1.29 bits per heavy atom. The van der Waals surface area contributed by atoms with E-state index in [0.29, 0.717) is 23.9 Å². The van der Waals surface area contributed by atoms with Crippen molar-refractivity contribution in [2.45, 2.75) is 24.7 Å². The molecule has 0 aliphatic carbocycles. The highest BCUT2D eigenvalue weighted by Gasteiger charge is 2.29. The van der Waals surface area contributed by atoms with E-state index in [2.05, 4.69) is 34.9 Å². The van der Waals surface area contributed by atoms with E-state index in [0.717, 1.165) is 29.4 Å². The van der Waals surface area contributed by atoms with Crippen molar-refractivity contribution in [1.29, 1.82) is 0 Å². The molecule has 1 fully saturated rings. The number of halogens is 1. The van der Waals surface area contributed by atoms with Gasteiger partial charge in [-0.15, -0.1) is 0 Å². The zero-order valence-corrected chi connectivity index (χ0v) is 15.2. The number of hydrogen-bond donors (Lipinski definition) is 0. The van der Waals surface area contributed by atoms with E-state index in [1.54, 1.807) is 22.5 Å². The van der Waals surface area contributed by atoms with Crippen LogP contribution in [0.3, 0.4) is 0 Å². The van der Waals surface area contributed by atoms with Crippen LogP contribution in [-0.4, -0.2) is 51.4 Å². The molecule has 2 rings (SSSR count). The molecule has 0 saturated carbocycles. The zero-order valence-electron chi connectivity index (χ0n) is 12.8. The number of piperidine rings is 1. The molecule has 0 radical (unpaired) electrons. The molecule has 0 N–H and O–H groups in total. The summed E-state index contributed by atoms with van der Waals surface area (Å²) >= 11 is 3.41. The molecule has 1 saturated heterocycles. The minimum atomic E-state index is -3.35. The molecule has 0 spiro atoms. The first-order chi connectivity index (χ1) is 9.80.